The minimum absolute atomic E-state index is 0.127. The molecule has 23 heavy (non-hydrogen) atoms. The van der Waals surface area contributed by atoms with Gasteiger partial charge in [0.25, 0.3) is 0 Å². The standard InChI is InChI=1S/C18H19N3O2/c1-4-18(22)21(12-16-7-8-23-19-16)11-14-5-6-17-15(10-14)9-13(2)20(17)3/h4-10H,1,11-12H2,2-3H3. The molecule has 0 aliphatic carbocycles. The molecule has 0 aliphatic rings. The van der Waals surface area contributed by atoms with E-state index in [0.29, 0.717) is 13.1 Å². The summed E-state index contributed by atoms with van der Waals surface area (Å²) < 4.78 is 6.99. The molecule has 118 valence electrons. The van der Waals surface area contributed by atoms with Crippen LogP contribution in [0.15, 0.2) is 53.8 Å². The zero-order valence-corrected chi connectivity index (χ0v) is 13.3. The Kier molecular flexibility index (Phi) is 4.02. The number of hydrogen-bond donors (Lipinski definition) is 0. The first-order valence-electron chi connectivity index (χ1n) is 7.44. The molecule has 0 N–H and O–H groups in total. The number of nitrogens with zero attached hydrogens (tertiary/aromatic N) is 3. The van der Waals surface area contributed by atoms with Gasteiger partial charge >= 0.3 is 0 Å². The van der Waals surface area contributed by atoms with Crippen LogP contribution in [0.5, 0.6) is 0 Å². The van der Waals surface area contributed by atoms with E-state index in [2.05, 4.69) is 48.5 Å². The van der Waals surface area contributed by atoms with E-state index in [1.165, 1.54) is 28.9 Å². The zero-order chi connectivity index (χ0) is 16.4. The Morgan fingerprint density at radius 1 is 1.35 bits per heavy atom. The van der Waals surface area contributed by atoms with Crippen molar-refractivity contribution in [2.75, 3.05) is 0 Å². The van der Waals surface area contributed by atoms with Crippen molar-refractivity contribution in [2.45, 2.75) is 20.0 Å². The quantitative estimate of drug-likeness (QED) is 0.680. The Hall–Kier alpha value is -2.82. The Balaban J connectivity index is 1.86. The number of amides is 1. The van der Waals surface area contributed by atoms with Gasteiger partial charge in [-0.25, -0.2) is 0 Å². The lowest BCUT2D eigenvalue weighted by Gasteiger charge is -2.20. The van der Waals surface area contributed by atoms with E-state index in [4.69, 9.17) is 4.52 Å². The number of hydrogen-bond acceptors (Lipinski definition) is 3. The van der Waals surface area contributed by atoms with Crippen molar-refractivity contribution in [1.82, 2.24) is 14.6 Å². The van der Waals surface area contributed by atoms with Gasteiger partial charge in [0.05, 0.1) is 6.54 Å². The molecule has 3 aromatic rings. The van der Waals surface area contributed by atoms with Gasteiger partial charge in [0, 0.05) is 36.3 Å². The first kappa shape index (κ1) is 15.1. The van der Waals surface area contributed by atoms with Crippen molar-refractivity contribution in [3.63, 3.8) is 0 Å². The molecule has 0 radical (unpaired) electrons. The second-order valence-electron chi connectivity index (χ2n) is 5.63. The summed E-state index contributed by atoms with van der Waals surface area (Å²) >= 11 is 0. The van der Waals surface area contributed by atoms with Crippen LogP contribution in [0, 0.1) is 6.92 Å². The van der Waals surface area contributed by atoms with Crippen molar-refractivity contribution in [3.05, 3.63) is 66.2 Å². The fraction of sp³-hybridized carbons (Fsp3) is 0.222. The summed E-state index contributed by atoms with van der Waals surface area (Å²) in [6, 6.07) is 10.2. The Labute approximate surface area is 134 Å². The maximum atomic E-state index is 12.1. The molecule has 5 heteroatoms. The molecule has 0 atom stereocenters. The van der Waals surface area contributed by atoms with Crippen molar-refractivity contribution in [1.29, 1.82) is 0 Å². The van der Waals surface area contributed by atoms with Crippen LogP contribution < -0.4 is 0 Å². The molecule has 1 amide bonds. The Morgan fingerprint density at radius 2 is 2.17 bits per heavy atom. The van der Waals surface area contributed by atoms with Crippen LogP contribution in [0.2, 0.25) is 0 Å². The lowest BCUT2D eigenvalue weighted by molar-refractivity contribution is -0.127. The molecule has 0 saturated carbocycles. The van der Waals surface area contributed by atoms with E-state index in [-0.39, 0.29) is 5.91 Å². The molecule has 0 fully saturated rings. The molecule has 0 saturated heterocycles. The normalized spacial score (nSPS) is 10.9. The van der Waals surface area contributed by atoms with Gasteiger partial charge in [-0.2, -0.15) is 0 Å². The molecule has 3 rings (SSSR count). The molecule has 0 bridgehead atoms. The summed E-state index contributed by atoms with van der Waals surface area (Å²) in [6.45, 7) is 6.56. The first-order valence-corrected chi connectivity index (χ1v) is 7.44. The summed E-state index contributed by atoms with van der Waals surface area (Å²) in [4.78, 5) is 13.8. The SMILES string of the molecule is C=CC(=O)N(Cc1ccc2c(c1)cc(C)n2C)Cc1ccon1. The smallest absolute Gasteiger partial charge is 0.246 e. The van der Waals surface area contributed by atoms with Crippen molar-refractivity contribution in [3.8, 4) is 0 Å². The monoisotopic (exact) mass is 309 g/mol. The Bertz CT molecular complexity index is 847. The maximum absolute atomic E-state index is 12.1. The third kappa shape index (κ3) is 3.04. The summed E-state index contributed by atoms with van der Waals surface area (Å²) in [6.07, 6.45) is 2.83. The van der Waals surface area contributed by atoms with E-state index < -0.39 is 0 Å². The van der Waals surface area contributed by atoms with Crippen molar-refractivity contribution < 1.29 is 9.32 Å². The number of fused-ring (bicyclic) bond motifs is 1. The molecule has 2 aromatic heterocycles. The van der Waals surface area contributed by atoms with Gasteiger partial charge in [-0.1, -0.05) is 17.8 Å². The van der Waals surface area contributed by atoms with E-state index in [1.807, 2.05) is 6.07 Å². The predicted octanol–water partition coefficient (Wildman–Crippen LogP) is 3.19. The van der Waals surface area contributed by atoms with Crippen LogP contribution in [0.3, 0.4) is 0 Å². The summed E-state index contributed by atoms with van der Waals surface area (Å²) in [5, 5.41) is 5.05. The number of rotatable bonds is 5. The molecule has 1 aromatic carbocycles. The van der Waals surface area contributed by atoms with Crippen LogP contribution in [0.4, 0.5) is 0 Å². The summed E-state index contributed by atoms with van der Waals surface area (Å²) in [7, 11) is 2.05. The van der Waals surface area contributed by atoms with Crippen LogP contribution in [0.1, 0.15) is 17.0 Å². The number of aromatic nitrogens is 2. The predicted molar refractivity (Wildman–Crippen MR) is 88.6 cm³/mol. The molecule has 0 unspecified atom stereocenters. The minimum atomic E-state index is -0.127. The average Bonchev–Trinajstić information content (AvgIpc) is 3.15. The fourth-order valence-corrected chi connectivity index (χ4v) is 2.71. The lowest BCUT2D eigenvalue weighted by atomic mass is 10.1. The molecule has 0 spiro atoms. The molecule has 5 nitrogen and oxygen atoms in total. The topological polar surface area (TPSA) is 51.3 Å². The summed E-state index contributed by atoms with van der Waals surface area (Å²) in [5.74, 6) is -0.127. The van der Waals surface area contributed by atoms with Gasteiger partial charge in [-0.3, -0.25) is 4.79 Å². The van der Waals surface area contributed by atoms with Gasteiger partial charge < -0.3 is 14.0 Å². The van der Waals surface area contributed by atoms with Crippen molar-refractivity contribution >= 4 is 16.8 Å². The van der Waals surface area contributed by atoms with Crippen LogP contribution >= 0.6 is 0 Å². The second-order valence-corrected chi connectivity index (χ2v) is 5.63. The largest absolute Gasteiger partial charge is 0.364 e. The highest BCUT2D eigenvalue weighted by atomic mass is 16.5. The van der Waals surface area contributed by atoms with E-state index in [9.17, 15) is 4.79 Å². The third-order valence-corrected chi connectivity index (χ3v) is 4.05. The van der Waals surface area contributed by atoms with E-state index >= 15 is 0 Å². The summed E-state index contributed by atoms with van der Waals surface area (Å²) in [5.41, 5.74) is 4.18. The van der Waals surface area contributed by atoms with Gasteiger partial charge in [-0.05, 0) is 36.8 Å². The molecule has 0 aliphatic heterocycles. The highest BCUT2D eigenvalue weighted by Crippen LogP contribution is 2.21. The van der Waals surface area contributed by atoms with E-state index in [0.717, 1.165) is 11.3 Å². The fourth-order valence-electron chi connectivity index (χ4n) is 2.71. The lowest BCUT2D eigenvalue weighted by Crippen LogP contribution is -2.28. The van der Waals surface area contributed by atoms with Gasteiger partial charge in [0.15, 0.2) is 0 Å². The van der Waals surface area contributed by atoms with Crippen LogP contribution in [-0.2, 0) is 24.9 Å². The number of aryl methyl sites for hydroxylation is 2. The van der Waals surface area contributed by atoms with Crippen LogP contribution in [-0.4, -0.2) is 20.5 Å². The zero-order valence-electron chi connectivity index (χ0n) is 13.3. The van der Waals surface area contributed by atoms with Gasteiger partial charge in [0.1, 0.15) is 12.0 Å². The highest BCUT2D eigenvalue weighted by Gasteiger charge is 2.14. The van der Waals surface area contributed by atoms with Gasteiger partial charge in [-0.15, -0.1) is 0 Å². The third-order valence-electron chi connectivity index (χ3n) is 4.05. The van der Waals surface area contributed by atoms with Crippen LogP contribution in [0.25, 0.3) is 10.9 Å². The number of carbonyl (C=O) groups excluding carboxylic acids is 1. The number of benzene rings is 1. The second kappa shape index (κ2) is 6.12. The molecule has 2 heterocycles. The molecular weight excluding hydrogens is 290 g/mol. The number of carbonyl (C=O) groups is 1. The first-order chi connectivity index (χ1) is 11.1. The molecular formula is C18H19N3O2. The van der Waals surface area contributed by atoms with E-state index in [1.54, 1.807) is 11.0 Å². The maximum Gasteiger partial charge on any atom is 0.246 e. The van der Waals surface area contributed by atoms with Crippen molar-refractivity contribution in [2.24, 2.45) is 7.05 Å². The van der Waals surface area contributed by atoms with Gasteiger partial charge in [0.2, 0.25) is 5.91 Å². The average molecular weight is 309 g/mol. The Morgan fingerprint density at radius 3 is 2.87 bits per heavy atom. The highest BCUT2D eigenvalue weighted by molar-refractivity contribution is 5.87. The minimum Gasteiger partial charge on any atom is -0.364 e.